The molecule has 8 heteroatoms. The number of hydrogen-bond acceptors (Lipinski definition) is 6. The summed E-state index contributed by atoms with van der Waals surface area (Å²) in [5.74, 6) is 0.775. The summed E-state index contributed by atoms with van der Waals surface area (Å²) < 4.78 is 11.6. The van der Waals surface area contributed by atoms with Crippen molar-refractivity contribution in [3.63, 3.8) is 0 Å². The van der Waals surface area contributed by atoms with Crippen molar-refractivity contribution in [2.75, 3.05) is 0 Å². The zero-order valence-electron chi connectivity index (χ0n) is 13.2. The fraction of sp³-hybridized carbons (Fsp3) is 0.188. The van der Waals surface area contributed by atoms with Crippen molar-refractivity contribution >= 4 is 56.8 Å². The average molecular weight is 356 g/mol. The number of thioether (sulfide) groups is 1. The molecular formula is C16H13BN2O3S2. The van der Waals surface area contributed by atoms with Crippen molar-refractivity contribution in [3.05, 3.63) is 47.9 Å². The fourth-order valence-electron chi connectivity index (χ4n) is 2.36. The lowest BCUT2D eigenvalue weighted by Crippen LogP contribution is -2.30. The van der Waals surface area contributed by atoms with Crippen LogP contribution in [0.5, 0.6) is 0 Å². The van der Waals surface area contributed by atoms with Crippen LogP contribution in [0.2, 0.25) is 0 Å². The molecule has 120 valence electrons. The number of carbonyl (C=O) groups excluding carboxylic acids is 1. The van der Waals surface area contributed by atoms with Gasteiger partial charge in [0.2, 0.25) is 0 Å². The molecule has 1 aromatic carbocycles. The smallest absolute Gasteiger partial charge is 0.520 e. The summed E-state index contributed by atoms with van der Waals surface area (Å²) in [5.41, 5.74) is 1.73. The molecule has 0 spiro atoms. The number of carbonyl (C=O) groups is 1. The van der Waals surface area contributed by atoms with Crippen LogP contribution in [0, 0.1) is 0 Å². The van der Waals surface area contributed by atoms with Crippen LogP contribution >= 0.6 is 23.1 Å². The van der Waals surface area contributed by atoms with E-state index < -0.39 is 11.9 Å². The molecule has 5 nitrogen and oxygen atoms in total. The highest BCUT2D eigenvalue weighted by molar-refractivity contribution is 8.16. The first kappa shape index (κ1) is 15.5. The van der Waals surface area contributed by atoms with Crippen LogP contribution < -0.4 is 5.46 Å². The van der Waals surface area contributed by atoms with Crippen LogP contribution in [0.3, 0.4) is 0 Å². The number of thiazole rings is 1. The minimum Gasteiger partial charge on any atom is -0.520 e. The maximum Gasteiger partial charge on any atom is 0.632 e. The number of aliphatic imine (C=N–C) groups is 1. The van der Waals surface area contributed by atoms with Crippen LogP contribution in [0.15, 0.2) is 47.9 Å². The molecule has 4 rings (SSSR count). The Balaban J connectivity index is 1.68. The molecule has 2 aliphatic rings. The molecule has 1 amide bonds. The number of rotatable bonds is 2. The topological polar surface area (TPSA) is 60.8 Å². The van der Waals surface area contributed by atoms with Gasteiger partial charge in [-0.15, -0.1) is 11.3 Å². The predicted molar refractivity (Wildman–Crippen MR) is 98.7 cm³/mol. The van der Waals surface area contributed by atoms with Gasteiger partial charge in [0.05, 0.1) is 15.0 Å². The van der Waals surface area contributed by atoms with Gasteiger partial charge in [-0.25, -0.2) is 9.98 Å². The van der Waals surface area contributed by atoms with Crippen molar-refractivity contribution in [3.8, 4) is 0 Å². The third kappa shape index (κ3) is 2.46. The summed E-state index contributed by atoms with van der Waals surface area (Å²) in [4.78, 5) is 20.6. The number of hydrogen-bond donors (Lipinski definition) is 0. The number of benzene rings is 1. The van der Waals surface area contributed by atoms with Crippen molar-refractivity contribution in [2.45, 2.75) is 18.6 Å². The minimum atomic E-state index is -0.529. The minimum absolute atomic E-state index is 0.118. The van der Waals surface area contributed by atoms with E-state index in [-0.39, 0.29) is 5.91 Å². The summed E-state index contributed by atoms with van der Waals surface area (Å²) >= 11 is 2.95. The van der Waals surface area contributed by atoms with Gasteiger partial charge in [0.25, 0.3) is 5.91 Å². The Kier molecular flexibility index (Phi) is 3.37. The Labute approximate surface area is 147 Å². The average Bonchev–Trinajstić information content (AvgIpc) is 3.16. The molecule has 2 aromatic rings. The summed E-state index contributed by atoms with van der Waals surface area (Å²) in [7, 11) is -0.529. The monoisotopic (exact) mass is 356 g/mol. The van der Waals surface area contributed by atoms with Crippen molar-refractivity contribution in [2.24, 2.45) is 4.99 Å². The second-order valence-corrected chi connectivity index (χ2v) is 8.64. The van der Waals surface area contributed by atoms with Gasteiger partial charge >= 0.3 is 7.12 Å². The molecule has 0 bridgehead atoms. The van der Waals surface area contributed by atoms with E-state index in [1.165, 1.54) is 23.1 Å². The molecule has 2 aliphatic heterocycles. The standard InChI is InChI=1S/C16H13BN2O3S2/c1-8-9(2)22-17(21-8)10-5-6-11-12(7-10)23-13(18-11)14-19-15(20)16(3,4)24-14/h5-7H,1-2H2,3-4H3. The van der Waals surface area contributed by atoms with E-state index in [0.29, 0.717) is 16.6 Å². The van der Waals surface area contributed by atoms with Crippen LogP contribution in [-0.2, 0) is 14.1 Å². The lowest BCUT2D eigenvalue weighted by Gasteiger charge is -2.10. The first-order valence-electron chi connectivity index (χ1n) is 7.28. The van der Waals surface area contributed by atoms with Gasteiger partial charge in [0, 0.05) is 5.46 Å². The van der Waals surface area contributed by atoms with E-state index in [4.69, 9.17) is 9.31 Å². The van der Waals surface area contributed by atoms with E-state index in [0.717, 1.165) is 20.7 Å². The van der Waals surface area contributed by atoms with E-state index in [2.05, 4.69) is 23.1 Å². The first-order valence-corrected chi connectivity index (χ1v) is 8.91. The highest BCUT2D eigenvalue weighted by Crippen LogP contribution is 2.37. The van der Waals surface area contributed by atoms with E-state index in [1.54, 1.807) is 0 Å². The number of nitrogens with zero attached hydrogens (tertiary/aromatic N) is 2. The Bertz CT molecular complexity index is 932. The maximum absolute atomic E-state index is 11.9. The second kappa shape index (κ2) is 5.22. The van der Waals surface area contributed by atoms with Gasteiger partial charge in [0.1, 0.15) is 21.6 Å². The normalized spacial score (nSPS) is 19.7. The van der Waals surface area contributed by atoms with Crippen molar-refractivity contribution in [1.29, 1.82) is 0 Å². The molecule has 3 heterocycles. The molecule has 0 saturated carbocycles. The van der Waals surface area contributed by atoms with E-state index in [9.17, 15) is 4.79 Å². The molecule has 1 fully saturated rings. The van der Waals surface area contributed by atoms with Crippen LogP contribution in [0.4, 0.5) is 0 Å². The molecule has 1 saturated heterocycles. The molecular weight excluding hydrogens is 343 g/mol. The quantitative estimate of drug-likeness (QED) is 0.775. The molecule has 1 aromatic heterocycles. The fourth-order valence-corrected chi connectivity index (χ4v) is 4.38. The SMILES string of the molecule is C=C1OB(c2ccc3nc(C4=NC(=O)C(C)(C)S4)sc3c2)OC1=C. The van der Waals surface area contributed by atoms with Crippen LogP contribution in [-0.4, -0.2) is 27.8 Å². The zero-order valence-corrected chi connectivity index (χ0v) is 14.8. The highest BCUT2D eigenvalue weighted by atomic mass is 32.2. The lowest BCUT2D eigenvalue weighted by atomic mass is 9.79. The molecule has 0 N–H and O–H groups in total. The Morgan fingerprint density at radius 2 is 1.92 bits per heavy atom. The number of fused-ring (bicyclic) bond motifs is 1. The van der Waals surface area contributed by atoms with E-state index in [1.807, 2.05) is 32.0 Å². The zero-order chi connectivity index (χ0) is 17.1. The van der Waals surface area contributed by atoms with Gasteiger partial charge in [-0.2, -0.15) is 0 Å². The van der Waals surface area contributed by atoms with E-state index >= 15 is 0 Å². The molecule has 0 radical (unpaired) electrons. The van der Waals surface area contributed by atoms with Gasteiger partial charge in [-0.1, -0.05) is 31.0 Å². The number of amides is 1. The van der Waals surface area contributed by atoms with Gasteiger partial charge in [-0.05, 0) is 26.0 Å². The summed E-state index contributed by atoms with van der Waals surface area (Å²) in [6.07, 6.45) is 0. The van der Waals surface area contributed by atoms with Crippen molar-refractivity contribution in [1.82, 2.24) is 4.98 Å². The predicted octanol–water partition coefficient (Wildman–Crippen LogP) is 2.86. The van der Waals surface area contributed by atoms with Gasteiger partial charge in [0.15, 0.2) is 0 Å². The summed E-state index contributed by atoms with van der Waals surface area (Å²) in [6.45, 7) is 11.2. The van der Waals surface area contributed by atoms with Gasteiger partial charge < -0.3 is 9.31 Å². The third-order valence-corrected chi connectivity index (χ3v) is 6.06. The Morgan fingerprint density at radius 3 is 2.54 bits per heavy atom. The first-order chi connectivity index (χ1) is 11.3. The molecule has 24 heavy (non-hydrogen) atoms. The van der Waals surface area contributed by atoms with Crippen LogP contribution in [0.25, 0.3) is 10.2 Å². The highest BCUT2D eigenvalue weighted by Gasteiger charge is 2.38. The lowest BCUT2D eigenvalue weighted by molar-refractivity contribution is -0.119. The van der Waals surface area contributed by atoms with Crippen LogP contribution in [0.1, 0.15) is 18.9 Å². The number of aromatic nitrogens is 1. The molecule has 0 unspecified atom stereocenters. The summed E-state index contributed by atoms with van der Waals surface area (Å²) in [5, 5.41) is 1.44. The Hall–Kier alpha value is -2.06. The summed E-state index contributed by atoms with van der Waals surface area (Å²) in [6, 6.07) is 5.79. The largest absolute Gasteiger partial charge is 0.632 e. The van der Waals surface area contributed by atoms with Gasteiger partial charge in [-0.3, -0.25) is 4.79 Å². The molecule has 0 aliphatic carbocycles. The maximum atomic E-state index is 11.9. The Morgan fingerprint density at radius 1 is 1.21 bits per heavy atom. The molecule has 0 atom stereocenters. The second-order valence-electron chi connectivity index (χ2n) is 5.99. The van der Waals surface area contributed by atoms with Crippen molar-refractivity contribution < 1.29 is 14.1 Å². The third-order valence-electron chi connectivity index (χ3n) is 3.75.